The van der Waals surface area contributed by atoms with Crippen molar-refractivity contribution < 1.29 is 17.9 Å². The van der Waals surface area contributed by atoms with Crippen LogP contribution in [0.25, 0.3) is 0 Å². The lowest BCUT2D eigenvalue weighted by molar-refractivity contribution is -0.120. The number of hydrogen-bond acceptors (Lipinski definition) is 5. The number of carbonyl (C=O) groups excluding carboxylic acids is 1. The Labute approximate surface area is 160 Å². The first-order valence-corrected chi connectivity index (χ1v) is 10.4. The van der Waals surface area contributed by atoms with Crippen LogP contribution in [0.1, 0.15) is 25.6 Å². The third-order valence-electron chi connectivity index (χ3n) is 3.91. The maximum absolute atomic E-state index is 12.2. The van der Waals surface area contributed by atoms with Crippen molar-refractivity contribution in [3.8, 4) is 5.75 Å². The number of imidazole rings is 1. The van der Waals surface area contributed by atoms with E-state index >= 15 is 0 Å². The Hall–Kier alpha value is -2.39. The van der Waals surface area contributed by atoms with E-state index in [9.17, 15) is 13.2 Å². The molecule has 27 heavy (non-hydrogen) atoms. The summed E-state index contributed by atoms with van der Waals surface area (Å²) < 4.78 is 34.2. The van der Waals surface area contributed by atoms with Crippen molar-refractivity contribution in [3.05, 3.63) is 42.5 Å². The van der Waals surface area contributed by atoms with Gasteiger partial charge in [-0.15, -0.1) is 0 Å². The molecule has 0 spiro atoms. The molecule has 0 aliphatic rings. The number of aryl methyl sites for hydroxylation is 2. The Kier molecular flexibility index (Phi) is 7.81. The molecule has 8 nitrogen and oxygen atoms in total. The van der Waals surface area contributed by atoms with Crippen molar-refractivity contribution in [2.45, 2.75) is 38.1 Å². The third kappa shape index (κ3) is 6.69. The van der Waals surface area contributed by atoms with Crippen LogP contribution < -0.4 is 14.8 Å². The molecule has 2 rings (SSSR count). The van der Waals surface area contributed by atoms with E-state index in [0.717, 1.165) is 18.8 Å². The summed E-state index contributed by atoms with van der Waals surface area (Å²) in [5.74, 6) is 1.36. The number of rotatable bonds is 11. The average Bonchev–Trinajstić information content (AvgIpc) is 3.04. The normalized spacial score (nSPS) is 11.3. The predicted molar refractivity (Wildman–Crippen MR) is 102 cm³/mol. The highest BCUT2D eigenvalue weighted by molar-refractivity contribution is 7.89. The van der Waals surface area contributed by atoms with Gasteiger partial charge in [0.2, 0.25) is 15.9 Å². The molecule has 0 bridgehead atoms. The summed E-state index contributed by atoms with van der Waals surface area (Å²) in [5.41, 5.74) is 0. The Balaban J connectivity index is 1.68. The Morgan fingerprint density at radius 1 is 1.22 bits per heavy atom. The van der Waals surface area contributed by atoms with Crippen LogP contribution in [-0.2, 0) is 21.4 Å². The summed E-state index contributed by atoms with van der Waals surface area (Å²) in [7, 11) is -3.64. The van der Waals surface area contributed by atoms with Gasteiger partial charge in [0.15, 0.2) is 0 Å². The summed E-state index contributed by atoms with van der Waals surface area (Å²) in [6.07, 6.45) is 4.50. The van der Waals surface area contributed by atoms with Gasteiger partial charge in [-0.2, -0.15) is 0 Å². The number of aromatic nitrogens is 2. The lowest BCUT2D eigenvalue weighted by Gasteiger charge is -2.09. The summed E-state index contributed by atoms with van der Waals surface area (Å²) in [5, 5.41) is 2.79. The molecule has 148 valence electrons. The van der Waals surface area contributed by atoms with Crippen molar-refractivity contribution in [3.63, 3.8) is 0 Å². The lowest BCUT2D eigenvalue weighted by Crippen LogP contribution is -2.31. The molecule has 1 aromatic carbocycles. The molecule has 0 atom stereocenters. The van der Waals surface area contributed by atoms with Crippen LogP contribution in [0.5, 0.6) is 5.75 Å². The van der Waals surface area contributed by atoms with E-state index in [1.54, 1.807) is 18.3 Å². The van der Waals surface area contributed by atoms with Gasteiger partial charge >= 0.3 is 0 Å². The average molecular weight is 394 g/mol. The number of hydrogen-bond donors (Lipinski definition) is 2. The molecule has 9 heteroatoms. The number of ether oxygens (including phenoxy) is 1. The lowest BCUT2D eigenvalue weighted by atomic mass is 10.3. The van der Waals surface area contributed by atoms with Crippen LogP contribution in [0.4, 0.5) is 0 Å². The molecule has 0 unspecified atom stereocenters. The zero-order valence-corrected chi connectivity index (χ0v) is 16.5. The quantitative estimate of drug-likeness (QED) is 0.562. The fraction of sp³-hybridized carbons (Fsp3) is 0.444. The Bertz CT molecular complexity index is 831. The molecular formula is C18H26N4O4S. The number of nitrogens with one attached hydrogen (secondary N) is 2. The van der Waals surface area contributed by atoms with Crippen molar-refractivity contribution in [1.29, 1.82) is 0 Å². The van der Waals surface area contributed by atoms with Crippen molar-refractivity contribution in [2.24, 2.45) is 0 Å². The maximum atomic E-state index is 12.2. The van der Waals surface area contributed by atoms with Gasteiger partial charge in [0.1, 0.15) is 11.6 Å². The van der Waals surface area contributed by atoms with Crippen LogP contribution in [0.2, 0.25) is 0 Å². The van der Waals surface area contributed by atoms with Crippen LogP contribution in [-0.4, -0.2) is 43.6 Å². The van der Waals surface area contributed by atoms with Crippen molar-refractivity contribution >= 4 is 15.9 Å². The molecule has 0 saturated heterocycles. The molecule has 0 aliphatic carbocycles. The highest BCUT2D eigenvalue weighted by Crippen LogP contribution is 2.15. The van der Waals surface area contributed by atoms with Crippen molar-refractivity contribution in [1.82, 2.24) is 19.6 Å². The monoisotopic (exact) mass is 394 g/mol. The van der Waals surface area contributed by atoms with E-state index < -0.39 is 10.0 Å². The first-order valence-electron chi connectivity index (χ1n) is 8.89. The minimum absolute atomic E-state index is 0.0437. The van der Waals surface area contributed by atoms with Gasteiger partial charge in [0, 0.05) is 38.4 Å². The molecule has 1 amide bonds. The number of carbonyl (C=O) groups is 1. The molecular weight excluding hydrogens is 368 g/mol. The fourth-order valence-corrected chi connectivity index (χ4v) is 3.50. The standard InChI is InChI=1S/C18H26N4O4S/c1-3-26-16-5-7-17(8-6-16)27(24,25)21-11-9-18(23)20-10-4-13-22-14-12-19-15(22)2/h5-8,12,14,21H,3-4,9-11,13H2,1-2H3,(H,20,23). The molecule has 0 radical (unpaired) electrons. The second-order valence-electron chi connectivity index (χ2n) is 5.92. The van der Waals surface area contributed by atoms with E-state index in [-0.39, 0.29) is 23.8 Å². The largest absolute Gasteiger partial charge is 0.494 e. The van der Waals surface area contributed by atoms with E-state index in [1.807, 2.05) is 24.6 Å². The summed E-state index contributed by atoms with van der Waals surface area (Å²) in [4.78, 5) is 16.1. The van der Waals surface area contributed by atoms with Crippen LogP contribution in [0, 0.1) is 6.92 Å². The number of benzene rings is 1. The minimum atomic E-state index is -3.64. The van der Waals surface area contributed by atoms with E-state index in [2.05, 4.69) is 15.0 Å². The van der Waals surface area contributed by atoms with E-state index in [1.165, 1.54) is 12.1 Å². The minimum Gasteiger partial charge on any atom is -0.494 e. The Morgan fingerprint density at radius 3 is 2.59 bits per heavy atom. The van der Waals surface area contributed by atoms with E-state index in [4.69, 9.17) is 4.74 Å². The fourth-order valence-electron chi connectivity index (χ4n) is 2.47. The van der Waals surface area contributed by atoms with Gasteiger partial charge in [0.25, 0.3) is 0 Å². The number of amides is 1. The SMILES string of the molecule is CCOc1ccc(S(=O)(=O)NCCC(=O)NCCCn2ccnc2C)cc1. The molecule has 0 fully saturated rings. The van der Waals surface area contributed by atoms with Crippen LogP contribution in [0.3, 0.4) is 0 Å². The van der Waals surface area contributed by atoms with Gasteiger partial charge in [-0.3, -0.25) is 4.79 Å². The molecule has 1 heterocycles. The number of sulfonamides is 1. The second kappa shape index (κ2) is 10.1. The van der Waals surface area contributed by atoms with Gasteiger partial charge in [0.05, 0.1) is 11.5 Å². The number of nitrogens with zero attached hydrogens (tertiary/aromatic N) is 2. The highest BCUT2D eigenvalue weighted by Gasteiger charge is 2.14. The smallest absolute Gasteiger partial charge is 0.240 e. The van der Waals surface area contributed by atoms with Crippen LogP contribution >= 0.6 is 0 Å². The molecule has 2 N–H and O–H groups in total. The van der Waals surface area contributed by atoms with Gasteiger partial charge in [-0.1, -0.05) is 0 Å². The Morgan fingerprint density at radius 2 is 1.96 bits per heavy atom. The van der Waals surface area contributed by atoms with Gasteiger partial charge < -0.3 is 14.6 Å². The molecule has 1 aromatic heterocycles. The summed E-state index contributed by atoms with van der Waals surface area (Å²) in [6, 6.07) is 6.16. The zero-order valence-electron chi connectivity index (χ0n) is 15.6. The third-order valence-corrected chi connectivity index (χ3v) is 5.39. The first-order chi connectivity index (χ1) is 12.9. The summed E-state index contributed by atoms with van der Waals surface area (Å²) >= 11 is 0. The molecule has 2 aromatic rings. The van der Waals surface area contributed by atoms with E-state index in [0.29, 0.717) is 18.9 Å². The topological polar surface area (TPSA) is 102 Å². The van der Waals surface area contributed by atoms with Crippen molar-refractivity contribution in [2.75, 3.05) is 19.7 Å². The van der Waals surface area contributed by atoms with Crippen LogP contribution in [0.15, 0.2) is 41.6 Å². The molecule has 0 saturated carbocycles. The maximum Gasteiger partial charge on any atom is 0.240 e. The zero-order chi connectivity index (χ0) is 19.7. The highest BCUT2D eigenvalue weighted by atomic mass is 32.2. The van der Waals surface area contributed by atoms with Gasteiger partial charge in [-0.05, 0) is 44.5 Å². The predicted octanol–water partition coefficient (Wildman–Crippen LogP) is 1.47. The first kappa shape index (κ1) is 20.9. The molecule has 0 aliphatic heterocycles. The van der Waals surface area contributed by atoms with Gasteiger partial charge in [-0.25, -0.2) is 18.1 Å². The second-order valence-corrected chi connectivity index (χ2v) is 7.69. The summed E-state index contributed by atoms with van der Waals surface area (Å²) in [6.45, 7) is 5.65.